The molecule has 0 spiro atoms. The SMILES string of the molecule is C[CH-]CCOC(=O)CCCCCCCNCCCCCCCC(=O)OCC[CH-]C.[Rb].[Y].[Y]. The topological polar surface area (TPSA) is 64.6 Å². The molecule has 0 saturated heterocycles. The van der Waals surface area contributed by atoms with Crippen LogP contribution in [0.4, 0.5) is 0 Å². The van der Waals surface area contributed by atoms with Gasteiger partial charge in [-0.1, -0.05) is 38.5 Å². The first-order valence-corrected chi connectivity index (χ1v) is 11.8. The van der Waals surface area contributed by atoms with Gasteiger partial charge in [0.1, 0.15) is 0 Å². The minimum absolute atomic E-state index is 0. The molecular weight excluding hydrogens is 630 g/mol. The zero-order chi connectivity index (χ0) is 21.4. The van der Waals surface area contributed by atoms with E-state index < -0.39 is 0 Å². The van der Waals surface area contributed by atoms with Crippen molar-refractivity contribution in [1.82, 2.24) is 5.32 Å². The van der Waals surface area contributed by atoms with Crippen LogP contribution in [0.2, 0.25) is 0 Å². The summed E-state index contributed by atoms with van der Waals surface area (Å²) in [6, 6.07) is 0. The third kappa shape index (κ3) is 35.1. The van der Waals surface area contributed by atoms with E-state index in [0.29, 0.717) is 26.1 Å². The third-order valence-corrected chi connectivity index (χ3v) is 4.81. The van der Waals surface area contributed by atoms with Crippen molar-refractivity contribution in [1.29, 1.82) is 0 Å². The van der Waals surface area contributed by atoms with E-state index in [1.807, 2.05) is 26.7 Å². The summed E-state index contributed by atoms with van der Waals surface area (Å²) >= 11 is 0. The molecule has 8 heteroatoms. The Morgan fingerprint density at radius 2 is 0.969 bits per heavy atom. The molecule has 32 heavy (non-hydrogen) atoms. The molecule has 0 fully saturated rings. The van der Waals surface area contributed by atoms with E-state index in [-0.39, 0.29) is 136 Å². The van der Waals surface area contributed by atoms with Crippen LogP contribution in [0.15, 0.2) is 0 Å². The van der Waals surface area contributed by atoms with E-state index >= 15 is 0 Å². The molecule has 0 amide bonds. The second-order valence-electron chi connectivity index (χ2n) is 7.62. The van der Waals surface area contributed by atoms with Crippen LogP contribution in [-0.2, 0) is 84.5 Å². The zero-order valence-electron chi connectivity index (χ0n) is 21.2. The predicted molar refractivity (Wildman–Crippen MR) is 125 cm³/mol. The molecule has 0 rings (SSSR count). The van der Waals surface area contributed by atoms with Crippen LogP contribution in [0.1, 0.15) is 104 Å². The summed E-state index contributed by atoms with van der Waals surface area (Å²) in [4.78, 5) is 22.9. The predicted octanol–water partition coefficient (Wildman–Crippen LogP) is 5.19. The van der Waals surface area contributed by atoms with Gasteiger partial charge in [-0.3, -0.25) is 9.59 Å². The largest absolute Gasteiger partial charge is 0.468 e. The summed E-state index contributed by atoms with van der Waals surface area (Å²) in [6.45, 7) is 7.15. The van der Waals surface area contributed by atoms with Crippen molar-refractivity contribution in [2.75, 3.05) is 26.3 Å². The summed E-state index contributed by atoms with van der Waals surface area (Å²) in [6.07, 6.45) is 18.2. The number of carbonyl (C=O) groups is 2. The Bertz CT molecular complexity index is 357. The minimum Gasteiger partial charge on any atom is -0.468 e. The summed E-state index contributed by atoms with van der Waals surface area (Å²) in [5.41, 5.74) is 0. The van der Waals surface area contributed by atoms with Crippen LogP contribution in [0, 0.1) is 12.8 Å². The maximum absolute atomic E-state index is 11.4. The van der Waals surface area contributed by atoms with Crippen molar-refractivity contribution in [3.05, 3.63) is 12.8 Å². The molecule has 0 aromatic carbocycles. The Hall–Kier alpha value is 2.91. The van der Waals surface area contributed by atoms with Crippen LogP contribution in [0.5, 0.6) is 0 Å². The first-order valence-electron chi connectivity index (χ1n) is 11.8. The molecule has 0 aliphatic carbocycles. The van der Waals surface area contributed by atoms with Crippen molar-refractivity contribution in [3.63, 3.8) is 0 Å². The number of hydrogen-bond acceptors (Lipinski definition) is 5. The molecule has 0 atom stereocenters. The van der Waals surface area contributed by atoms with Gasteiger partial charge in [-0.15, -0.1) is 12.8 Å². The molecule has 1 N–H and O–H groups in total. The van der Waals surface area contributed by atoms with E-state index in [1.54, 1.807) is 0 Å². The van der Waals surface area contributed by atoms with Gasteiger partial charge < -0.3 is 27.6 Å². The minimum atomic E-state index is -0.0563. The second-order valence-corrected chi connectivity index (χ2v) is 7.62. The summed E-state index contributed by atoms with van der Waals surface area (Å²) in [5, 5.41) is 3.51. The monoisotopic (exact) mass is 674 g/mol. The van der Waals surface area contributed by atoms with Crippen molar-refractivity contribution in [3.8, 4) is 0 Å². The molecule has 3 radical (unpaired) electrons. The molecule has 0 unspecified atom stereocenters. The number of carbonyl (C=O) groups excluding carboxylic acids is 2. The van der Waals surface area contributed by atoms with Gasteiger partial charge in [-0.2, -0.15) is 13.8 Å². The smallest absolute Gasteiger partial charge is 0.305 e. The first kappa shape index (κ1) is 42.0. The Labute approximate surface area is 297 Å². The zero-order valence-corrected chi connectivity index (χ0v) is 31.8. The fourth-order valence-electron chi connectivity index (χ4n) is 2.95. The molecule has 0 aliphatic heterocycles. The molecule has 5 nitrogen and oxygen atoms in total. The van der Waals surface area contributed by atoms with Gasteiger partial charge >= 0.3 is 11.9 Å². The van der Waals surface area contributed by atoms with Crippen molar-refractivity contribution in [2.24, 2.45) is 0 Å². The van der Waals surface area contributed by atoms with Crippen molar-refractivity contribution in [2.45, 2.75) is 104 Å². The van der Waals surface area contributed by atoms with Gasteiger partial charge in [0, 0.05) is 136 Å². The Kier molecular flexibility index (Phi) is 47.4. The van der Waals surface area contributed by atoms with E-state index in [2.05, 4.69) is 5.32 Å². The normalized spacial score (nSPS) is 9.81. The summed E-state index contributed by atoms with van der Waals surface area (Å²) < 4.78 is 10.2. The van der Waals surface area contributed by atoms with Gasteiger partial charge in [0.25, 0.3) is 0 Å². The van der Waals surface area contributed by atoms with Crippen molar-refractivity contribution < 1.29 is 84.5 Å². The van der Waals surface area contributed by atoms with E-state index in [1.165, 1.54) is 38.5 Å². The fraction of sp³-hybridized carbons (Fsp3) is 0.833. The van der Waals surface area contributed by atoms with Gasteiger partial charge in [0.05, 0.1) is 13.2 Å². The van der Waals surface area contributed by atoms with Crippen LogP contribution in [0.25, 0.3) is 0 Å². The first-order chi connectivity index (χ1) is 14.2. The number of hydrogen-bond donors (Lipinski definition) is 1. The molecule has 179 valence electrons. The molecular formula is C24H45NO4RbY2-2. The van der Waals surface area contributed by atoms with Gasteiger partial charge in [-0.25, -0.2) is 0 Å². The molecule has 0 saturated carbocycles. The van der Waals surface area contributed by atoms with E-state index in [9.17, 15) is 9.59 Å². The number of unbranched alkanes of at least 4 members (excludes halogenated alkanes) is 10. The van der Waals surface area contributed by atoms with Gasteiger partial charge in [-0.05, 0) is 38.8 Å². The van der Waals surface area contributed by atoms with Crippen molar-refractivity contribution >= 4 is 70.1 Å². The molecule has 0 heterocycles. The van der Waals surface area contributed by atoms with Crippen LogP contribution >= 0.6 is 0 Å². The molecule has 0 aromatic heterocycles. The van der Waals surface area contributed by atoms with Gasteiger partial charge in [0.2, 0.25) is 0 Å². The number of esters is 2. The Morgan fingerprint density at radius 3 is 1.34 bits per heavy atom. The van der Waals surface area contributed by atoms with Gasteiger partial charge in [0.15, 0.2) is 0 Å². The number of ether oxygens (including phenoxy) is 2. The maximum Gasteiger partial charge on any atom is 0.305 e. The maximum atomic E-state index is 11.4. The van der Waals surface area contributed by atoms with Crippen LogP contribution in [0.3, 0.4) is 0 Å². The average molecular weight is 675 g/mol. The summed E-state index contributed by atoms with van der Waals surface area (Å²) in [5.74, 6) is -0.113. The fourth-order valence-corrected chi connectivity index (χ4v) is 2.95. The number of rotatable bonds is 22. The average Bonchev–Trinajstić information content (AvgIpc) is 2.71. The van der Waals surface area contributed by atoms with Crippen LogP contribution in [-0.4, -0.2) is 96.4 Å². The Balaban J connectivity index is -0.00000131. The quantitative estimate of drug-likeness (QED) is 0.0974. The Morgan fingerprint density at radius 1 is 0.625 bits per heavy atom. The van der Waals surface area contributed by atoms with Crippen LogP contribution < -0.4 is 5.32 Å². The summed E-state index contributed by atoms with van der Waals surface area (Å²) in [7, 11) is 0. The molecule has 0 aromatic rings. The molecule has 0 aliphatic rings. The molecule has 0 bridgehead atoms. The standard InChI is InChI=1S/C24H45NO4.Rb.2Y/c1-3-5-21-28-23(26)17-13-9-7-11-15-19-25-20-16-12-8-10-14-18-24(27)29-22-6-4-2;;;/h3-4,25H,5-22H2,1-2H3;;;/q-2;;;. The van der Waals surface area contributed by atoms with E-state index in [0.717, 1.165) is 51.6 Å². The number of nitrogens with one attached hydrogen (secondary N) is 1. The second kappa shape index (κ2) is 36.1. The van der Waals surface area contributed by atoms with E-state index in [4.69, 9.17) is 9.47 Å². The third-order valence-electron chi connectivity index (χ3n) is 4.81.